The summed E-state index contributed by atoms with van der Waals surface area (Å²) in [4.78, 5) is 0. The third kappa shape index (κ3) is 1.77. The minimum Gasteiger partial charge on any atom is -0.326 e. The van der Waals surface area contributed by atoms with Crippen molar-refractivity contribution in [2.75, 3.05) is 13.1 Å². The first-order valence-electron chi connectivity index (χ1n) is 4.75. The average molecular weight is 230 g/mol. The quantitative estimate of drug-likeness (QED) is 0.717. The van der Waals surface area contributed by atoms with E-state index in [1.807, 2.05) is 0 Å². The monoisotopic (exact) mass is 230 g/mol. The van der Waals surface area contributed by atoms with Crippen LogP contribution < -0.4 is 5.73 Å². The Kier molecular flexibility index (Phi) is 2.53. The van der Waals surface area contributed by atoms with Crippen molar-refractivity contribution in [3.8, 4) is 0 Å². The lowest BCUT2D eigenvalue weighted by Gasteiger charge is -2.15. The summed E-state index contributed by atoms with van der Waals surface area (Å²) >= 11 is 0. The van der Waals surface area contributed by atoms with Crippen molar-refractivity contribution in [1.82, 2.24) is 14.1 Å². The molecule has 6 nitrogen and oxygen atoms in total. The zero-order valence-electron chi connectivity index (χ0n) is 8.50. The van der Waals surface area contributed by atoms with Gasteiger partial charge >= 0.3 is 0 Å². The van der Waals surface area contributed by atoms with Gasteiger partial charge in [0, 0.05) is 26.2 Å². The number of rotatable bonds is 2. The average Bonchev–Trinajstić information content (AvgIpc) is 2.74. The first-order chi connectivity index (χ1) is 7.01. The van der Waals surface area contributed by atoms with Crippen LogP contribution in [0.3, 0.4) is 0 Å². The predicted octanol–water partition coefficient (Wildman–Crippen LogP) is -0.858. The molecule has 7 heteroatoms. The summed E-state index contributed by atoms with van der Waals surface area (Å²) in [6.45, 7) is 0.891. The maximum atomic E-state index is 12.1. The van der Waals surface area contributed by atoms with Gasteiger partial charge in [0.25, 0.3) is 10.0 Å². The second kappa shape index (κ2) is 3.58. The standard InChI is InChI=1S/C8H14N4O2S/c1-11-8(2-4-10-11)15(13,14)12-5-3-7(9)6-12/h2,4,7H,3,5-6,9H2,1H3. The number of hydrogen-bond donors (Lipinski definition) is 1. The fraction of sp³-hybridized carbons (Fsp3) is 0.625. The highest BCUT2D eigenvalue weighted by molar-refractivity contribution is 7.89. The van der Waals surface area contributed by atoms with Crippen molar-refractivity contribution in [2.24, 2.45) is 12.8 Å². The zero-order valence-corrected chi connectivity index (χ0v) is 9.31. The maximum Gasteiger partial charge on any atom is 0.260 e. The van der Waals surface area contributed by atoms with Crippen LogP contribution in [0.1, 0.15) is 6.42 Å². The topological polar surface area (TPSA) is 81.2 Å². The third-order valence-electron chi connectivity index (χ3n) is 2.57. The highest BCUT2D eigenvalue weighted by Crippen LogP contribution is 2.19. The highest BCUT2D eigenvalue weighted by atomic mass is 32.2. The Morgan fingerprint density at radius 2 is 2.33 bits per heavy atom. The van der Waals surface area contributed by atoms with Gasteiger partial charge in [0.05, 0.1) is 6.20 Å². The number of aromatic nitrogens is 2. The summed E-state index contributed by atoms with van der Waals surface area (Å²) in [5, 5.41) is 4.07. The highest BCUT2D eigenvalue weighted by Gasteiger charge is 2.32. The fourth-order valence-electron chi connectivity index (χ4n) is 1.72. The van der Waals surface area contributed by atoms with Crippen molar-refractivity contribution in [1.29, 1.82) is 0 Å². The molecule has 0 radical (unpaired) electrons. The molecule has 2 N–H and O–H groups in total. The molecule has 1 atom stereocenters. The van der Waals surface area contributed by atoms with Gasteiger partial charge in [0.15, 0.2) is 5.03 Å². The smallest absolute Gasteiger partial charge is 0.260 e. The lowest BCUT2D eigenvalue weighted by molar-refractivity contribution is 0.462. The molecular formula is C8H14N4O2S. The van der Waals surface area contributed by atoms with Crippen LogP contribution in [0.15, 0.2) is 17.3 Å². The van der Waals surface area contributed by atoms with E-state index in [4.69, 9.17) is 5.73 Å². The summed E-state index contributed by atoms with van der Waals surface area (Å²) in [6.07, 6.45) is 2.19. The summed E-state index contributed by atoms with van der Waals surface area (Å²) in [7, 11) is -1.79. The predicted molar refractivity (Wildman–Crippen MR) is 54.6 cm³/mol. The summed E-state index contributed by atoms with van der Waals surface area (Å²) in [5.41, 5.74) is 5.68. The van der Waals surface area contributed by atoms with E-state index in [9.17, 15) is 8.42 Å². The van der Waals surface area contributed by atoms with E-state index < -0.39 is 10.0 Å². The Bertz CT molecular complexity index is 453. The fourth-order valence-corrected chi connectivity index (χ4v) is 3.33. The molecule has 1 fully saturated rings. The molecule has 1 aromatic rings. The van der Waals surface area contributed by atoms with E-state index in [1.165, 1.54) is 21.3 Å². The van der Waals surface area contributed by atoms with E-state index >= 15 is 0 Å². The largest absolute Gasteiger partial charge is 0.326 e. The molecule has 0 bridgehead atoms. The van der Waals surface area contributed by atoms with Crippen molar-refractivity contribution in [3.63, 3.8) is 0 Å². The van der Waals surface area contributed by atoms with Gasteiger partial charge in [0.1, 0.15) is 0 Å². The Labute approximate surface area is 88.7 Å². The minimum atomic E-state index is -3.41. The van der Waals surface area contributed by atoms with Crippen molar-refractivity contribution in [2.45, 2.75) is 17.5 Å². The van der Waals surface area contributed by atoms with E-state index in [0.29, 0.717) is 13.1 Å². The SMILES string of the molecule is Cn1nccc1S(=O)(=O)N1CCC(N)C1. The number of nitrogens with two attached hydrogens (primary N) is 1. The van der Waals surface area contributed by atoms with Gasteiger partial charge in [-0.1, -0.05) is 0 Å². The first-order valence-corrected chi connectivity index (χ1v) is 6.19. The molecule has 1 aromatic heterocycles. The molecule has 0 aromatic carbocycles. The van der Waals surface area contributed by atoms with Crippen molar-refractivity contribution in [3.05, 3.63) is 12.3 Å². The Morgan fingerprint density at radius 1 is 1.60 bits per heavy atom. The van der Waals surface area contributed by atoms with Crippen LogP contribution in [0.25, 0.3) is 0 Å². The van der Waals surface area contributed by atoms with Gasteiger partial charge in [-0.15, -0.1) is 0 Å². The Morgan fingerprint density at radius 3 is 2.80 bits per heavy atom. The van der Waals surface area contributed by atoms with Gasteiger partial charge in [-0.25, -0.2) is 8.42 Å². The summed E-state index contributed by atoms with van der Waals surface area (Å²) in [5.74, 6) is 0. The van der Waals surface area contributed by atoms with E-state index in [-0.39, 0.29) is 11.1 Å². The summed E-state index contributed by atoms with van der Waals surface area (Å²) < 4.78 is 26.9. The van der Waals surface area contributed by atoms with Crippen LogP contribution in [0.5, 0.6) is 0 Å². The lowest BCUT2D eigenvalue weighted by atomic mass is 10.3. The molecule has 84 valence electrons. The van der Waals surface area contributed by atoms with Gasteiger partial charge in [0.2, 0.25) is 0 Å². The van der Waals surface area contributed by atoms with E-state index in [0.717, 1.165) is 6.42 Å². The first kappa shape index (κ1) is 10.6. The third-order valence-corrected chi connectivity index (χ3v) is 4.51. The van der Waals surface area contributed by atoms with E-state index in [2.05, 4.69) is 5.10 Å². The van der Waals surface area contributed by atoms with Crippen LogP contribution in [0, 0.1) is 0 Å². The molecule has 15 heavy (non-hydrogen) atoms. The maximum absolute atomic E-state index is 12.1. The molecule has 0 aliphatic carbocycles. The van der Waals surface area contributed by atoms with Crippen LogP contribution in [0.4, 0.5) is 0 Å². The van der Waals surface area contributed by atoms with Gasteiger partial charge in [-0.05, 0) is 12.5 Å². The summed E-state index contributed by atoms with van der Waals surface area (Å²) in [6, 6.07) is 1.45. The molecular weight excluding hydrogens is 216 g/mol. The molecule has 0 saturated carbocycles. The molecule has 1 unspecified atom stereocenters. The van der Waals surface area contributed by atoms with Crippen LogP contribution >= 0.6 is 0 Å². The number of sulfonamides is 1. The van der Waals surface area contributed by atoms with Crippen LogP contribution in [-0.2, 0) is 17.1 Å². The van der Waals surface area contributed by atoms with Gasteiger partial charge in [-0.3, -0.25) is 4.68 Å². The second-order valence-corrected chi connectivity index (χ2v) is 5.59. The van der Waals surface area contributed by atoms with E-state index in [1.54, 1.807) is 7.05 Å². The van der Waals surface area contributed by atoms with Gasteiger partial charge < -0.3 is 5.73 Å². The second-order valence-electron chi connectivity index (χ2n) is 3.70. The minimum absolute atomic E-state index is 0.0481. The molecule has 2 heterocycles. The number of nitrogens with zero attached hydrogens (tertiary/aromatic N) is 3. The zero-order chi connectivity index (χ0) is 11.1. The molecule has 0 amide bonds. The Hall–Kier alpha value is -0.920. The lowest BCUT2D eigenvalue weighted by Crippen LogP contribution is -2.33. The number of aryl methyl sites for hydroxylation is 1. The van der Waals surface area contributed by atoms with Crippen LogP contribution in [0.2, 0.25) is 0 Å². The van der Waals surface area contributed by atoms with Crippen LogP contribution in [-0.4, -0.2) is 41.6 Å². The van der Waals surface area contributed by atoms with Gasteiger partial charge in [-0.2, -0.15) is 9.40 Å². The molecule has 1 saturated heterocycles. The number of hydrogen-bond acceptors (Lipinski definition) is 4. The van der Waals surface area contributed by atoms with Crippen molar-refractivity contribution >= 4 is 10.0 Å². The molecule has 1 aliphatic heterocycles. The Balaban J connectivity index is 2.32. The molecule has 2 rings (SSSR count). The normalized spacial score (nSPS) is 23.5. The molecule has 0 spiro atoms. The van der Waals surface area contributed by atoms with Crippen molar-refractivity contribution < 1.29 is 8.42 Å². The molecule has 1 aliphatic rings.